The highest BCUT2D eigenvalue weighted by Crippen LogP contribution is 2.27. The molecule has 0 radical (unpaired) electrons. The van der Waals surface area contributed by atoms with Crippen LogP contribution in [0.3, 0.4) is 0 Å². The largest absolute Gasteiger partial charge is 0.361 e. The van der Waals surface area contributed by atoms with Crippen LogP contribution in [0.2, 0.25) is 0 Å². The molecule has 3 heterocycles. The number of amides is 1. The molecule has 1 aliphatic rings. The minimum absolute atomic E-state index is 0.120. The summed E-state index contributed by atoms with van der Waals surface area (Å²) in [5.41, 5.74) is 1.70. The number of likely N-dealkylation sites (tertiary alicyclic amines) is 1. The lowest BCUT2D eigenvalue weighted by Gasteiger charge is -2.30. The SMILES string of the molecule is Cc1noc(C2CCN(C(=O)Cc3c(C)noc3C)CC2)n1. The Labute approximate surface area is 128 Å². The number of aryl methyl sites for hydroxylation is 3. The quantitative estimate of drug-likeness (QED) is 0.861. The van der Waals surface area contributed by atoms with Crippen molar-refractivity contribution in [1.29, 1.82) is 0 Å². The topological polar surface area (TPSA) is 85.3 Å². The van der Waals surface area contributed by atoms with E-state index in [9.17, 15) is 4.79 Å². The molecule has 0 bridgehead atoms. The molecule has 1 aliphatic heterocycles. The highest BCUT2D eigenvalue weighted by Gasteiger charge is 2.28. The summed E-state index contributed by atoms with van der Waals surface area (Å²) in [5, 5.41) is 7.73. The van der Waals surface area contributed by atoms with E-state index in [1.807, 2.05) is 25.7 Å². The van der Waals surface area contributed by atoms with Gasteiger partial charge in [-0.2, -0.15) is 4.98 Å². The van der Waals surface area contributed by atoms with Crippen LogP contribution in [0.1, 0.15) is 47.5 Å². The van der Waals surface area contributed by atoms with E-state index >= 15 is 0 Å². The second-order valence-corrected chi connectivity index (χ2v) is 5.81. The first-order chi connectivity index (χ1) is 10.5. The van der Waals surface area contributed by atoms with E-state index in [1.165, 1.54) is 0 Å². The Morgan fingerprint density at radius 3 is 2.45 bits per heavy atom. The Balaban J connectivity index is 1.58. The molecule has 0 atom stereocenters. The number of carbonyl (C=O) groups excluding carboxylic acids is 1. The third-order valence-corrected chi connectivity index (χ3v) is 4.25. The van der Waals surface area contributed by atoms with Crippen molar-refractivity contribution < 1.29 is 13.8 Å². The molecule has 0 aromatic carbocycles. The van der Waals surface area contributed by atoms with Gasteiger partial charge in [0.05, 0.1) is 12.1 Å². The zero-order chi connectivity index (χ0) is 15.7. The first kappa shape index (κ1) is 14.7. The fourth-order valence-electron chi connectivity index (χ4n) is 2.87. The minimum atomic E-state index is 0.120. The zero-order valence-electron chi connectivity index (χ0n) is 13.1. The number of hydrogen-bond acceptors (Lipinski definition) is 6. The maximum absolute atomic E-state index is 12.4. The molecule has 0 unspecified atom stereocenters. The molecule has 3 rings (SSSR count). The highest BCUT2D eigenvalue weighted by atomic mass is 16.5. The molecule has 0 N–H and O–H groups in total. The molecule has 1 saturated heterocycles. The van der Waals surface area contributed by atoms with Crippen LogP contribution >= 0.6 is 0 Å². The van der Waals surface area contributed by atoms with Crippen molar-refractivity contribution in [2.24, 2.45) is 0 Å². The van der Waals surface area contributed by atoms with E-state index in [0.717, 1.165) is 29.9 Å². The summed E-state index contributed by atoms with van der Waals surface area (Å²) < 4.78 is 10.3. The Morgan fingerprint density at radius 1 is 1.18 bits per heavy atom. The highest BCUT2D eigenvalue weighted by molar-refractivity contribution is 5.79. The fraction of sp³-hybridized carbons (Fsp3) is 0.600. The van der Waals surface area contributed by atoms with Gasteiger partial charge in [-0.3, -0.25) is 4.79 Å². The molecule has 1 fully saturated rings. The van der Waals surface area contributed by atoms with E-state index in [2.05, 4.69) is 15.3 Å². The van der Waals surface area contributed by atoms with Gasteiger partial charge in [0.25, 0.3) is 0 Å². The molecule has 2 aromatic rings. The van der Waals surface area contributed by atoms with E-state index in [-0.39, 0.29) is 11.8 Å². The summed E-state index contributed by atoms with van der Waals surface area (Å²) in [6.07, 6.45) is 2.06. The van der Waals surface area contributed by atoms with Crippen LogP contribution in [0, 0.1) is 20.8 Å². The number of hydrogen-bond donors (Lipinski definition) is 0. The van der Waals surface area contributed by atoms with E-state index < -0.39 is 0 Å². The van der Waals surface area contributed by atoms with Crippen molar-refractivity contribution in [1.82, 2.24) is 20.2 Å². The number of nitrogens with zero attached hydrogens (tertiary/aromatic N) is 4. The zero-order valence-corrected chi connectivity index (χ0v) is 13.1. The van der Waals surface area contributed by atoms with Crippen LogP contribution in [-0.2, 0) is 11.2 Å². The molecule has 22 heavy (non-hydrogen) atoms. The molecule has 7 nitrogen and oxygen atoms in total. The average Bonchev–Trinajstić information content (AvgIpc) is 3.08. The van der Waals surface area contributed by atoms with E-state index in [4.69, 9.17) is 9.05 Å². The molecule has 0 saturated carbocycles. The van der Waals surface area contributed by atoms with Crippen molar-refractivity contribution in [2.45, 2.75) is 46.0 Å². The van der Waals surface area contributed by atoms with Gasteiger partial charge in [0.15, 0.2) is 5.82 Å². The predicted molar refractivity (Wildman–Crippen MR) is 77.3 cm³/mol. The maximum atomic E-state index is 12.4. The number of piperidine rings is 1. The molecule has 1 amide bonds. The van der Waals surface area contributed by atoms with Crippen LogP contribution in [-0.4, -0.2) is 39.2 Å². The summed E-state index contributed by atoms with van der Waals surface area (Å²) >= 11 is 0. The molecule has 0 spiro atoms. The van der Waals surface area contributed by atoms with Crippen LogP contribution < -0.4 is 0 Å². The van der Waals surface area contributed by atoms with Crippen molar-refractivity contribution in [2.75, 3.05) is 13.1 Å². The second-order valence-electron chi connectivity index (χ2n) is 5.81. The second kappa shape index (κ2) is 5.90. The summed E-state index contributed by atoms with van der Waals surface area (Å²) in [4.78, 5) is 18.6. The molecular formula is C15H20N4O3. The fourth-order valence-corrected chi connectivity index (χ4v) is 2.87. The van der Waals surface area contributed by atoms with E-state index in [1.54, 1.807) is 0 Å². The molecular weight excluding hydrogens is 284 g/mol. The first-order valence-electron chi connectivity index (χ1n) is 7.54. The summed E-state index contributed by atoms with van der Waals surface area (Å²) in [6, 6.07) is 0. The van der Waals surface area contributed by atoms with Crippen LogP contribution in [0.5, 0.6) is 0 Å². The third-order valence-electron chi connectivity index (χ3n) is 4.25. The Kier molecular flexibility index (Phi) is 3.96. The van der Waals surface area contributed by atoms with Gasteiger partial charge in [-0.05, 0) is 33.6 Å². The Morgan fingerprint density at radius 2 is 1.91 bits per heavy atom. The summed E-state index contributed by atoms with van der Waals surface area (Å²) in [6.45, 7) is 6.95. The van der Waals surface area contributed by atoms with Gasteiger partial charge in [-0.15, -0.1) is 0 Å². The molecule has 118 valence electrons. The van der Waals surface area contributed by atoms with Gasteiger partial charge < -0.3 is 13.9 Å². The predicted octanol–water partition coefficient (Wildman–Crippen LogP) is 1.93. The number of rotatable bonds is 3. The van der Waals surface area contributed by atoms with Crippen molar-refractivity contribution in [3.8, 4) is 0 Å². The summed E-state index contributed by atoms with van der Waals surface area (Å²) in [7, 11) is 0. The smallest absolute Gasteiger partial charge is 0.229 e. The normalized spacial score (nSPS) is 16.2. The molecule has 0 aliphatic carbocycles. The van der Waals surface area contributed by atoms with Crippen LogP contribution in [0.15, 0.2) is 9.05 Å². The van der Waals surface area contributed by atoms with Gasteiger partial charge in [-0.25, -0.2) is 0 Å². The van der Waals surface area contributed by atoms with Gasteiger partial charge >= 0.3 is 0 Å². The maximum Gasteiger partial charge on any atom is 0.229 e. The van der Waals surface area contributed by atoms with Gasteiger partial charge in [0.1, 0.15) is 5.76 Å². The molecule has 7 heteroatoms. The number of aromatic nitrogens is 3. The van der Waals surface area contributed by atoms with Crippen LogP contribution in [0.4, 0.5) is 0 Å². The van der Waals surface area contributed by atoms with E-state index in [0.29, 0.717) is 31.2 Å². The average molecular weight is 304 g/mol. The summed E-state index contributed by atoms with van der Waals surface area (Å²) in [5.74, 6) is 2.45. The lowest BCUT2D eigenvalue weighted by atomic mass is 9.96. The monoisotopic (exact) mass is 304 g/mol. The lowest BCUT2D eigenvalue weighted by Crippen LogP contribution is -2.39. The Bertz CT molecular complexity index is 649. The number of carbonyl (C=O) groups is 1. The standard InChI is InChI=1S/C15H20N4O3/c1-9-13(10(2)21-17-9)8-14(20)19-6-4-12(5-7-19)15-16-11(3)18-22-15/h12H,4-8H2,1-3H3. The van der Waals surface area contributed by atoms with Crippen LogP contribution in [0.25, 0.3) is 0 Å². The first-order valence-corrected chi connectivity index (χ1v) is 7.54. The minimum Gasteiger partial charge on any atom is -0.361 e. The van der Waals surface area contributed by atoms with Crippen molar-refractivity contribution in [3.63, 3.8) is 0 Å². The molecule has 2 aromatic heterocycles. The van der Waals surface area contributed by atoms with Crippen molar-refractivity contribution in [3.05, 3.63) is 28.7 Å². The lowest BCUT2D eigenvalue weighted by molar-refractivity contribution is -0.131. The third kappa shape index (κ3) is 2.88. The van der Waals surface area contributed by atoms with Gasteiger partial charge in [0.2, 0.25) is 11.8 Å². The van der Waals surface area contributed by atoms with Gasteiger partial charge in [0, 0.05) is 24.6 Å². The Hall–Kier alpha value is -2.18. The van der Waals surface area contributed by atoms with Crippen molar-refractivity contribution >= 4 is 5.91 Å². The van der Waals surface area contributed by atoms with Gasteiger partial charge in [-0.1, -0.05) is 10.3 Å².